The van der Waals surface area contributed by atoms with E-state index in [9.17, 15) is 26.4 Å². The number of carbonyl (C=O) groups is 2. The third kappa shape index (κ3) is 18.4. The maximum atomic E-state index is 13.1. The van der Waals surface area contributed by atoms with Crippen molar-refractivity contribution in [3.8, 4) is 11.5 Å². The van der Waals surface area contributed by atoms with E-state index in [4.69, 9.17) is 26.8 Å². The van der Waals surface area contributed by atoms with Gasteiger partial charge in [0.15, 0.2) is 0 Å². The molecule has 2 aromatic carbocycles. The zero-order valence-corrected chi connectivity index (χ0v) is 48.4. The number of sulfonamides is 2. The highest BCUT2D eigenvalue weighted by Gasteiger charge is 2.28. The molecular formula is C50H77Cl3N10O8S2. The molecule has 4 heterocycles. The van der Waals surface area contributed by atoms with E-state index in [1.807, 2.05) is 24.3 Å². The quantitative estimate of drug-likeness (QED) is 0.102. The molecule has 0 spiro atoms. The lowest BCUT2D eigenvalue weighted by Gasteiger charge is -2.35. The van der Waals surface area contributed by atoms with Gasteiger partial charge in [-0.15, -0.1) is 24.8 Å². The molecule has 0 bridgehead atoms. The molecule has 2 aliphatic rings. The molecule has 0 aliphatic carbocycles. The highest BCUT2D eigenvalue weighted by atomic mass is 35.5. The molecule has 2 fully saturated rings. The van der Waals surface area contributed by atoms with E-state index >= 15 is 0 Å². The third-order valence-electron chi connectivity index (χ3n) is 12.8. The van der Waals surface area contributed by atoms with E-state index < -0.39 is 25.3 Å². The Balaban J connectivity index is 0.000000407. The molecule has 18 nitrogen and oxygen atoms in total. The first-order valence-corrected chi connectivity index (χ1v) is 26.9. The molecule has 0 unspecified atom stereocenters. The van der Waals surface area contributed by atoms with E-state index in [2.05, 4.69) is 63.1 Å². The minimum absolute atomic E-state index is 0. The molecule has 2 aromatic heterocycles. The van der Waals surface area contributed by atoms with Gasteiger partial charge in [0.1, 0.15) is 23.1 Å². The lowest BCUT2D eigenvalue weighted by Crippen LogP contribution is -2.42. The molecule has 73 heavy (non-hydrogen) atoms. The second-order valence-corrected chi connectivity index (χ2v) is 22.8. The summed E-state index contributed by atoms with van der Waals surface area (Å²) in [6.45, 7) is 11.1. The number of aromatic nitrogens is 2. The number of amides is 1. The Labute approximate surface area is 451 Å². The SMILES string of the molecule is CN(C)C1CCN(c2ccc(N)cn2)CC1.COc1cc(C)c(S(=O)(=O)N(C)CCC(=O)Cl)c(C)c1.COc1cc(C)c(S(=O)(=O)N(C)CCC(=O)Nc2ccc(N3CCC(N(C)C)CC3)nc2)c(C)c1.Cl.Cl. The second-order valence-electron chi connectivity index (χ2n) is 18.5. The molecule has 0 saturated carbocycles. The average molecular weight is 1120 g/mol. The molecule has 0 radical (unpaired) electrons. The Morgan fingerprint density at radius 2 is 1.01 bits per heavy atom. The number of aryl methyl sites for hydroxylation is 4. The standard InChI is InChI=1S/C25H37N5O4S.C13H18ClNO4S.C12H20N4.2ClH/c1-18-15-22(34-6)16-19(2)25(18)35(32,33)29(5)12-11-24(31)27-20-7-8-23(26-17-20)30-13-9-21(10-14-30)28(3)4;1-9-7-11(19-4)8-10(2)13(9)20(17,18)15(3)6-5-12(14)16;1-15(2)11-5-7-16(8-6-11)12-4-3-10(13)9-14-12;;/h7-8,15-17,21H,9-14H2,1-6H3,(H,27,31);7-8H,5-6H2,1-4H3;3-4,9,11H,5-8,13H2,1-2H3;2*1H. The van der Waals surface area contributed by atoms with Crippen molar-refractivity contribution in [1.29, 1.82) is 0 Å². The summed E-state index contributed by atoms with van der Waals surface area (Å²) in [7, 11) is 7.13. The Bertz CT molecular complexity index is 2570. The first-order valence-electron chi connectivity index (χ1n) is 23.6. The van der Waals surface area contributed by atoms with Gasteiger partial charge in [-0.05, 0) is 164 Å². The number of hydrogen-bond acceptors (Lipinski definition) is 15. The van der Waals surface area contributed by atoms with Crippen LogP contribution in [0.25, 0.3) is 0 Å². The minimum atomic E-state index is -3.74. The van der Waals surface area contributed by atoms with Gasteiger partial charge in [-0.25, -0.2) is 35.4 Å². The van der Waals surface area contributed by atoms with Crippen molar-refractivity contribution in [3.05, 3.63) is 83.2 Å². The van der Waals surface area contributed by atoms with Crippen LogP contribution in [0.4, 0.5) is 23.0 Å². The minimum Gasteiger partial charge on any atom is -0.497 e. The molecule has 6 rings (SSSR count). The summed E-state index contributed by atoms with van der Waals surface area (Å²) in [4.78, 5) is 41.8. The number of piperidine rings is 2. The van der Waals surface area contributed by atoms with Crippen LogP contribution in [0.5, 0.6) is 11.5 Å². The molecule has 2 aliphatic heterocycles. The summed E-state index contributed by atoms with van der Waals surface area (Å²) in [6.07, 6.45) is 7.99. The van der Waals surface area contributed by atoms with Gasteiger partial charge in [-0.3, -0.25) is 9.59 Å². The average Bonchev–Trinajstić information content (AvgIpc) is 3.32. The highest BCUT2D eigenvalue weighted by molar-refractivity contribution is 7.89. The fraction of sp³-hybridized carbons (Fsp3) is 0.520. The largest absolute Gasteiger partial charge is 0.497 e. The summed E-state index contributed by atoms with van der Waals surface area (Å²) in [5.74, 6) is 2.90. The molecule has 23 heteroatoms. The van der Waals surface area contributed by atoms with E-state index in [1.165, 1.54) is 38.4 Å². The van der Waals surface area contributed by atoms with Gasteiger partial charge in [0.2, 0.25) is 31.2 Å². The van der Waals surface area contributed by atoms with Gasteiger partial charge in [0.05, 0.1) is 47.8 Å². The van der Waals surface area contributed by atoms with Crippen molar-refractivity contribution in [2.45, 2.75) is 88.1 Å². The molecule has 1 amide bonds. The maximum absolute atomic E-state index is 13.1. The zero-order valence-electron chi connectivity index (χ0n) is 44.3. The number of ether oxygens (including phenoxy) is 2. The molecule has 3 N–H and O–H groups in total. The normalized spacial score (nSPS) is 14.4. The number of nitrogens with two attached hydrogens (primary N) is 1. The fourth-order valence-corrected chi connectivity index (χ4v) is 11.8. The van der Waals surface area contributed by atoms with E-state index in [1.54, 1.807) is 71.5 Å². The Morgan fingerprint density at radius 1 is 0.644 bits per heavy atom. The van der Waals surface area contributed by atoms with E-state index in [0.717, 1.165) is 60.6 Å². The number of benzene rings is 2. The van der Waals surface area contributed by atoms with Crippen LogP contribution >= 0.6 is 36.4 Å². The molecule has 408 valence electrons. The van der Waals surface area contributed by atoms with Crippen LogP contribution in [0.15, 0.2) is 70.7 Å². The molecule has 0 atom stereocenters. The smallest absolute Gasteiger partial charge is 0.243 e. The zero-order chi connectivity index (χ0) is 52.8. The van der Waals surface area contributed by atoms with Gasteiger partial charge in [-0.2, -0.15) is 0 Å². The number of nitrogens with zero attached hydrogens (tertiary/aromatic N) is 8. The third-order valence-corrected chi connectivity index (χ3v) is 17.3. The van der Waals surface area contributed by atoms with Gasteiger partial charge >= 0.3 is 0 Å². The molecule has 4 aromatic rings. The van der Waals surface area contributed by atoms with E-state index in [0.29, 0.717) is 51.5 Å². The predicted molar refractivity (Wildman–Crippen MR) is 299 cm³/mol. The van der Waals surface area contributed by atoms with Crippen LogP contribution in [0.2, 0.25) is 0 Å². The monoisotopic (exact) mass is 1110 g/mol. The van der Waals surface area contributed by atoms with Crippen molar-refractivity contribution >= 4 is 90.6 Å². The summed E-state index contributed by atoms with van der Waals surface area (Å²) >= 11 is 5.24. The van der Waals surface area contributed by atoms with Crippen molar-refractivity contribution < 1.29 is 35.9 Å². The van der Waals surface area contributed by atoms with Crippen LogP contribution in [-0.4, -0.2) is 164 Å². The number of hydrogen-bond donors (Lipinski definition) is 2. The number of halogens is 3. The van der Waals surface area contributed by atoms with Crippen LogP contribution in [0, 0.1) is 27.7 Å². The summed E-state index contributed by atoms with van der Waals surface area (Å²) in [5, 5.41) is 2.25. The number of nitrogen functional groups attached to an aromatic ring is 1. The van der Waals surface area contributed by atoms with Crippen molar-refractivity contribution in [2.75, 3.05) is 117 Å². The van der Waals surface area contributed by atoms with Gasteiger partial charge in [-0.1, -0.05) is 0 Å². The Morgan fingerprint density at radius 3 is 1.33 bits per heavy atom. The fourth-order valence-electron chi connectivity index (χ4n) is 8.60. The van der Waals surface area contributed by atoms with Crippen LogP contribution in [0.1, 0.15) is 60.8 Å². The highest BCUT2D eigenvalue weighted by Crippen LogP contribution is 2.30. The Hall–Kier alpha value is -4.51. The number of carbonyl (C=O) groups excluding carboxylic acids is 2. The second kappa shape index (κ2) is 29.5. The topological polar surface area (TPSA) is 204 Å². The maximum Gasteiger partial charge on any atom is 0.243 e. The van der Waals surface area contributed by atoms with E-state index in [-0.39, 0.29) is 66.4 Å². The number of nitrogens with one attached hydrogen (secondary N) is 1. The number of pyridine rings is 2. The summed E-state index contributed by atoms with van der Waals surface area (Å²) in [6, 6.07) is 15.7. The summed E-state index contributed by atoms with van der Waals surface area (Å²) < 4.78 is 64.0. The first-order chi connectivity index (χ1) is 33.4. The van der Waals surface area contributed by atoms with Crippen molar-refractivity contribution in [3.63, 3.8) is 0 Å². The van der Waals surface area contributed by atoms with Gasteiger partial charge in [0, 0.05) is 78.3 Å². The molecule has 2 saturated heterocycles. The number of methoxy groups -OCH3 is 2. The van der Waals surface area contributed by atoms with Crippen LogP contribution in [0.3, 0.4) is 0 Å². The lowest BCUT2D eigenvalue weighted by atomic mass is 10.0. The van der Waals surface area contributed by atoms with Crippen LogP contribution < -0.4 is 30.3 Å². The lowest BCUT2D eigenvalue weighted by molar-refractivity contribution is -0.116. The Kier molecular flexibility index (Phi) is 26.1. The van der Waals surface area contributed by atoms with Gasteiger partial charge in [0.25, 0.3) is 0 Å². The van der Waals surface area contributed by atoms with Crippen LogP contribution in [-0.2, 0) is 29.6 Å². The molecular weight excluding hydrogens is 1040 g/mol. The van der Waals surface area contributed by atoms with Crippen molar-refractivity contribution in [2.24, 2.45) is 0 Å². The van der Waals surface area contributed by atoms with Crippen molar-refractivity contribution in [1.82, 2.24) is 28.4 Å². The number of anilines is 4. The summed E-state index contributed by atoms with van der Waals surface area (Å²) in [5.41, 5.74) is 9.37. The predicted octanol–water partition coefficient (Wildman–Crippen LogP) is 7.01. The first kappa shape index (κ1) is 64.6. The number of rotatable bonds is 17. The van der Waals surface area contributed by atoms with Gasteiger partial charge < -0.3 is 40.1 Å².